The summed E-state index contributed by atoms with van der Waals surface area (Å²) in [5.74, 6) is -0.0619. The number of carbonyl (C=O) groups is 1. The molecule has 0 bridgehead atoms. The summed E-state index contributed by atoms with van der Waals surface area (Å²) in [4.78, 5) is 11.4. The third kappa shape index (κ3) is 4.31. The first-order chi connectivity index (χ1) is 6.13. The molecule has 2 heteroatoms. The SMILES string of the molecule is C=C(C)/C(=C\C=C/C)C(=O)NCC. The maximum atomic E-state index is 11.4. The summed E-state index contributed by atoms with van der Waals surface area (Å²) in [6.45, 7) is 10.0. The van der Waals surface area contributed by atoms with Crippen molar-refractivity contribution >= 4 is 5.91 Å². The van der Waals surface area contributed by atoms with Crippen LogP contribution < -0.4 is 5.32 Å². The van der Waals surface area contributed by atoms with Gasteiger partial charge in [-0.1, -0.05) is 18.7 Å². The maximum absolute atomic E-state index is 11.4. The van der Waals surface area contributed by atoms with E-state index in [1.54, 1.807) is 6.08 Å². The number of likely N-dealkylation sites (N-methyl/N-ethyl adjacent to an activating group) is 1. The van der Waals surface area contributed by atoms with Crippen LogP contribution in [0.4, 0.5) is 0 Å². The summed E-state index contributed by atoms with van der Waals surface area (Å²) in [5, 5.41) is 2.73. The quantitative estimate of drug-likeness (QED) is 0.520. The monoisotopic (exact) mass is 179 g/mol. The van der Waals surface area contributed by atoms with E-state index in [9.17, 15) is 4.79 Å². The zero-order chi connectivity index (χ0) is 10.3. The molecule has 0 aliphatic carbocycles. The van der Waals surface area contributed by atoms with Gasteiger partial charge in [0.2, 0.25) is 0 Å². The zero-order valence-corrected chi connectivity index (χ0v) is 8.55. The molecule has 13 heavy (non-hydrogen) atoms. The standard InChI is InChI=1S/C11H17NO/c1-5-7-8-10(9(3)4)11(13)12-6-2/h5,7-8H,3,6H2,1-2,4H3,(H,12,13)/b7-5-,10-8+. The molecule has 0 spiro atoms. The van der Waals surface area contributed by atoms with Crippen LogP contribution in [-0.2, 0) is 4.79 Å². The van der Waals surface area contributed by atoms with Crippen molar-refractivity contribution in [3.8, 4) is 0 Å². The van der Waals surface area contributed by atoms with Crippen LogP contribution in [0, 0.1) is 0 Å². The van der Waals surface area contributed by atoms with Crippen LogP contribution in [0.5, 0.6) is 0 Å². The molecule has 72 valence electrons. The van der Waals surface area contributed by atoms with Crippen molar-refractivity contribution < 1.29 is 4.79 Å². The van der Waals surface area contributed by atoms with E-state index in [-0.39, 0.29) is 5.91 Å². The van der Waals surface area contributed by atoms with Crippen molar-refractivity contribution in [1.29, 1.82) is 0 Å². The van der Waals surface area contributed by atoms with E-state index in [4.69, 9.17) is 0 Å². The van der Waals surface area contributed by atoms with Gasteiger partial charge in [0.05, 0.1) is 0 Å². The normalized spacial score (nSPS) is 11.8. The summed E-state index contributed by atoms with van der Waals surface area (Å²) in [6, 6.07) is 0. The Hall–Kier alpha value is -1.31. The van der Waals surface area contributed by atoms with Crippen LogP contribution >= 0.6 is 0 Å². The number of rotatable bonds is 4. The predicted octanol–water partition coefficient (Wildman–Crippen LogP) is 2.20. The lowest BCUT2D eigenvalue weighted by Gasteiger charge is -2.05. The first kappa shape index (κ1) is 11.7. The van der Waals surface area contributed by atoms with Crippen LogP contribution in [0.15, 0.2) is 36.0 Å². The molecule has 0 aliphatic heterocycles. The summed E-state index contributed by atoms with van der Waals surface area (Å²) in [5.41, 5.74) is 1.42. The van der Waals surface area contributed by atoms with Gasteiger partial charge < -0.3 is 5.32 Å². The van der Waals surface area contributed by atoms with Gasteiger partial charge in [-0.2, -0.15) is 0 Å². The Labute approximate surface area is 80.0 Å². The van der Waals surface area contributed by atoms with E-state index in [1.807, 2.05) is 32.9 Å². The highest BCUT2D eigenvalue weighted by atomic mass is 16.1. The Morgan fingerprint density at radius 3 is 2.54 bits per heavy atom. The lowest BCUT2D eigenvalue weighted by atomic mass is 10.1. The molecule has 0 aliphatic rings. The fourth-order valence-electron chi connectivity index (χ4n) is 0.860. The number of hydrogen-bond acceptors (Lipinski definition) is 1. The van der Waals surface area contributed by atoms with Gasteiger partial charge in [-0.25, -0.2) is 0 Å². The Kier molecular flexibility index (Phi) is 5.60. The maximum Gasteiger partial charge on any atom is 0.251 e. The van der Waals surface area contributed by atoms with Gasteiger partial charge in [-0.05, 0) is 32.4 Å². The summed E-state index contributed by atoms with van der Waals surface area (Å²) < 4.78 is 0. The lowest BCUT2D eigenvalue weighted by Crippen LogP contribution is -2.24. The van der Waals surface area contributed by atoms with E-state index in [1.165, 1.54) is 0 Å². The van der Waals surface area contributed by atoms with Gasteiger partial charge >= 0.3 is 0 Å². The molecule has 1 amide bonds. The van der Waals surface area contributed by atoms with Crippen molar-refractivity contribution in [3.05, 3.63) is 36.0 Å². The molecule has 0 rings (SSSR count). The third-order valence-corrected chi connectivity index (χ3v) is 1.50. The number of nitrogens with one attached hydrogen (secondary N) is 1. The molecule has 0 saturated carbocycles. The summed E-state index contributed by atoms with van der Waals surface area (Å²) in [6.07, 6.45) is 5.48. The average Bonchev–Trinajstić information content (AvgIpc) is 2.05. The van der Waals surface area contributed by atoms with Gasteiger partial charge in [-0.3, -0.25) is 4.79 Å². The van der Waals surface area contributed by atoms with Crippen LogP contribution in [0.25, 0.3) is 0 Å². The van der Waals surface area contributed by atoms with Gasteiger partial charge in [-0.15, -0.1) is 0 Å². The van der Waals surface area contributed by atoms with E-state index in [0.717, 1.165) is 5.57 Å². The van der Waals surface area contributed by atoms with Crippen molar-refractivity contribution in [3.63, 3.8) is 0 Å². The molecular formula is C11H17NO. The minimum atomic E-state index is -0.0619. The summed E-state index contributed by atoms with van der Waals surface area (Å²) in [7, 11) is 0. The second-order valence-corrected chi connectivity index (χ2v) is 2.75. The molecule has 0 fully saturated rings. The first-order valence-electron chi connectivity index (χ1n) is 4.40. The van der Waals surface area contributed by atoms with E-state index in [2.05, 4.69) is 11.9 Å². The second-order valence-electron chi connectivity index (χ2n) is 2.75. The molecule has 1 N–H and O–H groups in total. The minimum Gasteiger partial charge on any atom is -0.352 e. The number of hydrogen-bond donors (Lipinski definition) is 1. The van der Waals surface area contributed by atoms with Gasteiger partial charge in [0.25, 0.3) is 5.91 Å². The first-order valence-corrected chi connectivity index (χ1v) is 4.40. The van der Waals surface area contributed by atoms with Gasteiger partial charge in [0, 0.05) is 12.1 Å². The van der Waals surface area contributed by atoms with Gasteiger partial charge in [0.15, 0.2) is 0 Å². The Morgan fingerprint density at radius 1 is 1.54 bits per heavy atom. The average molecular weight is 179 g/mol. The highest BCUT2D eigenvalue weighted by Crippen LogP contribution is 2.06. The van der Waals surface area contributed by atoms with E-state index in [0.29, 0.717) is 12.1 Å². The highest BCUT2D eigenvalue weighted by Gasteiger charge is 2.06. The smallest absolute Gasteiger partial charge is 0.251 e. The van der Waals surface area contributed by atoms with Crippen molar-refractivity contribution in [2.75, 3.05) is 6.54 Å². The van der Waals surface area contributed by atoms with E-state index >= 15 is 0 Å². The van der Waals surface area contributed by atoms with Gasteiger partial charge in [0.1, 0.15) is 0 Å². The van der Waals surface area contributed by atoms with Crippen molar-refractivity contribution in [1.82, 2.24) is 5.32 Å². The van der Waals surface area contributed by atoms with Crippen LogP contribution in [0.2, 0.25) is 0 Å². The Morgan fingerprint density at radius 2 is 2.15 bits per heavy atom. The van der Waals surface area contributed by atoms with E-state index < -0.39 is 0 Å². The molecule has 0 radical (unpaired) electrons. The number of amides is 1. The van der Waals surface area contributed by atoms with Crippen LogP contribution in [0.1, 0.15) is 20.8 Å². The predicted molar refractivity (Wildman–Crippen MR) is 56.4 cm³/mol. The number of carbonyl (C=O) groups excluding carboxylic acids is 1. The minimum absolute atomic E-state index is 0.0619. The molecule has 0 aromatic heterocycles. The fourth-order valence-corrected chi connectivity index (χ4v) is 0.860. The molecule has 0 atom stereocenters. The fraction of sp³-hybridized carbons (Fsp3) is 0.364. The van der Waals surface area contributed by atoms with Crippen LogP contribution in [-0.4, -0.2) is 12.5 Å². The van der Waals surface area contributed by atoms with Crippen molar-refractivity contribution in [2.24, 2.45) is 0 Å². The summed E-state index contributed by atoms with van der Waals surface area (Å²) >= 11 is 0. The number of allylic oxidation sites excluding steroid dienone is 3. The molecule has 0 saturated heterocycles. The second kappa shape index (κ2) is 6.23. The molecule has 0 unspecified atom stereocenters. The Balaban J connectivity index is 4.61. The largest absolute Gasteiger partial charge is 0.352 e. The molecule has 0 aromatic rings. The lowest BCUT2D eigenvalue weighted by molar-refractivity contribution is -0.117. The molecule has 0 aromatic carbocycles. The zero-order valence-electron chi connectivity index (χ0n) is 8.55. The topological polar surface area (TPSA) is 29.1 Å². The molecule has 0 heterocycles. The van der Waals surface area contributed by atoms with Crippen LogP contribution in [0.3, 0.4) is 0 Å². The van der Waals surface area contributed by atoms with Crippen molar-refractivity contribution in [2.45, 2.75) is 20.8 Å². The molecule has 2 nitrogen and oxygen atoms in total. The molecular weight excluding hydrogens is 162 g/mol. The third-order valence-electron chi connectivity index (χ3n) is 1.50. The Bertz CT molecular complexity index is 249. The highest BCUT2D eigenvalue weighted by molar-refractivity contribution is 5.97.